The fourth-order valence-corrected chi connectivity index (χ4v) is 3.79. The Balaban J connectivity index is 0.00000225. The van der Waals surface area contributed by atoms with Crippen LogP contribution in [0.15, 0.2) is 36.5 Å². The molecule has 0 aliphatic carbocycles. The van der Waals surface area contributed by atoms with Crippen LogP contribution in [0.25, 0.3) is 22.0 Å². The van der Waals surface area contributed by atoms with Crippen molar-refractivity contribution in [3.8, 4) is 34.3 Å². The third kappa shape index (κ3) is 3.26. The predicted molar refractivity (Wildman–Crippen MR) is 104 cm³/mol. The standard InChI is InChI=1S/C22H24NO4.BrH/c1-5-27-22-17-13-23-9-8-15-11-20(25-3)21(26-4)12-16(15)18(23)10-14(17)6-7-19(22)24-2;/h6-7,10-13H,5,8-9H2,1-4H3;1H/q+1;/p-1. The lowest BCUT2D eigenvalue weighted by molar-refractivity contribution is -0.686. The Kier molecular flexibility index (Phi) is 5.98. The topological polar surface area (TPSA) is 40.8 Å². The van der Waals surface area contributed by atoms with Crippen LogP contribution in [0.2, 0.25) is 0 Å². The molecule has 148 valence electrons. The number of fused-ring (bicyclic) bond motifs is 4. The van der Waals surface area contributed by atoms with Gasteiger partial charge in [0.05, 0.1) is 38.9 Å². The van der Waals surface area contributed by atoms with E-state index in [0.29, 0.717) is 6.61 Å². The fraction of sp³-hybridized carbons (Fsp3) is 0.318. The molecule has 4 rings (SSSR count). The molecule has 1 aromatic heterocycles. The number of aromatic nitrogens is 1. The molecular weight excluding hydrogens is 422 g/mol. The van der Waals surface area contributed by atoms with Gasteiger partial charge < -0.3 is 35.9 Å². The smallest absolute Gasteiger partial charge is 0.213 e. The Labute approximate surface area is 175 Å². The molecule has 0 fully saturated rings. The van der Waals surface area contributed by atoms with Crippen LogP contribution in [-0.4, -0.2) is 27.9 Å². The van der Waals surface area contributed by atoms with Crippen molar-refractivity contribution < 1.29 is 40.5 Å². The molecule has 2 heterocycles. The normalized spacial score (nSPS) is 11.9. The van der Waals surface area contributed by atoms with Crippen molar-refractivity contribution >= 4 is 10.8 Å². The molecular formula is C22H24BrNO4. The van der Waals surface area contributed by atoms with Gasteiger partial charge in [0.1, 0.15) is 0 Å². The van der Waals surface area contributed by atoms with Crippen molar-refractivity contribution in [3.05, 3.63) is 42.1 Å². The van der Waals surface area contributed by atoms with Gasteiger partial charge in [-0.15, -0.1) is 0 Å². The van der Waals surface area contributed by atoms with Crippen LogP contribution in [0.5, 0.6) is 23.0 Å². The number of rotatable bonds is 5. The van der Waals surface area contributed by atoms with Crippen LogP contribution in [0.4, 0.5) is 0 Å². The Hall–Kier alpha value is -2.47. The minimum Gasteiger partial charge on any atom is -1.00 e. The van der Waals surface area contributed by atoms with E-state index in [1.54, 1.807) is 21.3 Å². The van der Waals surface area contributed by atoms with Crippen molar-refractivity contribution in [2.75, 3.05) is 27.9 Å². The predicted octanol–water partition coefficient (Wildman–Crippen LogP) is 0.779. The number of halogens is 1. The third-order valence-electron chi connectivity index (χ3n) is 5.10. The molecule has 0 saturated carbocycles. The fourth-order valence-electron chi connectivity index (χ4n) is 3.79. The largest absolute Gasteiger partial charge is 1.00 e. The first-order valence-electron chi connectivity index (χ1n) is 9.12. The van der Waals surface area contributed by atoms with E-state index in [-0.39, 0.29) is 17.0 Å². The summed E-state index contributed by atoms with van der Waals surface area (Å²) in [6.07, 6.45) is 3.10. The zero-order chi connectivity index (χ0) is 19.0. The molecule has 0 radical (unpaired) electrons. The van der Waals surface area contributed by atoms with Crippen LogP contribution in [0.1, 0.15) is 12.5 Å². The summed E-state index contributed by atoms with van der Waals surface area (Å²) < 4.78 is 24.6. The molecule has 0 spiro atoms. The summed E-state index contributed by atoms with van der Waals surface area (Å²) in [5.41, 5.74) is 3.61. The first-order chi connectivity index (χ1) is 13.2. The highest BCUT2D eigenvalue weighted by atomic mass is 79.9. The Morgan fingerprint density at radius 3 is 2.32 bits per heavy atom. The summed E-state index contributed by atoms with van der Waals surface area (Å²) >= 11 is 0. The average molecular weight is 446 g/mol. The van der Waals surface area contributed by atoms with Crippen molar-refractivity contribution in [3.63, 3.8) is 0 Å². The summed E-state index contributed by atoms with van der Waals surface area (Å²) in [5.74, 6) is 3.07. The Morgan fingerprint density at radius 2 is 1.64 bits per heavy atom. The quantitative estimate of drug-likeness (QED) is 0.544. The highest BCUT2D eigenvalue weighted by molar-refractivity contribution is 5.91. The summed E-state index contributed by atoms with van der Waals surface area (Å²) in [5, 5.41) is 2.18. The molecule has 5 nitrogen and oxygen atoms in total. The van der Waals surface area contributed by atoms with Crippen LogP contribution >= 0.6 is 0 Å². The minimum atomic E-state index is 0. The maximum atomic E-state index is 5.89. The van der Waals surface area contributed by atoms with Gasteiger partial charge in [-0.05, 0) is 42.1 Å². The number of hydrogen-bond donors (Lipinski definition) is 0. The van der Waals surface area contributed by atoms with Crippen LogP contribution < -0.4 is 40.5 Å². The van der Waals surface area contributed by atoms with E-state index in [2.05, 4.69) is 35.0 Å². The summed E-state index contributed by atoms with van der Waals surface area (Å²) in [4.78, 5) is 0. The number of pyridine rings is 1. The molecule has 0 unspecified atom stereocenters. The summed E-state index contributed by atoms with van der Waals surface area (Å²) in [6.45, 7) is 3.48. The average Bonchev–Trinajstić information content (AvgIpc) is 2.71. The first kappa shape index (κ1) is 20.3. The lowest BCUT2D eigenvalue weighted by Gasteiger charge is -2.19. The molecule has 1 aliphatic rings. The summed E-state index contributed by atoms with van der Waals surface area (Å²) in [7, 11) is 5.01. The second kappa shape index (κ2) is 8.27. The number of nitrogens with zero attached hydrogens (tertiary/aromatic N) is 1. The Bertz CT molecular complexity index is 1020. The second-order valence-electron chi connectivity index (χ2n) is 6.50. The van der Waals surface area contributed by atoms with Crippen molar-refractivity contribution in [1.29, 1.82) is 0 Å². The first-order valence-corrected chi connectivity index (χ1v) is 9.12. The maximum Gasteiger partial charge on any atom is 0.213 e. The van der Waals surface area contributed by atoms with Gasteiger partial charge in [-0.25, -0.2) is 0 Å². The van der Waals surface area contributed by atoms with Crippen molar-refractivity contribution in [2.45, 2.75) is 19.9 Å². The van der Waals surface area contributed by atoms with Gasteiger partial charge in [0.25, 0.3) is 0 Å². The SMILES string of the molecule is CCOc1c(OC)ccc2cc3[n+](cc12)CCc1cc(OC)c(OC)cc1-3.[Br-]. The van der Waals surface area contributed by atoms with Gasteiger partial charge in [0, 0.05) is 12.5 Å². The minimum absolute atomic E-state index is 0. The molecule has 0 bridgehead atoms. The zero-order valence-electron chi connectivity index (χ0n) is 16.5. The second-order valence-corrected chi connectivity index (χ2v) is 6.50. The molecule has 6 heteroatoms. The van der Waals surface area contributed by atoms with E-state index in [4.69, 9.17) is 18.9 Å². The zero-order valence-corrected chi connectivity index (χ0v) is 18.1. The number of benzene rings is 2. The van der Waals surface area contributed by atoms with E-state index < -0.39 is 0 Å². The van der Waals surface area contributed by atoms with Gasteiger partial charge >= 0.3 is 0 Å². The van der Waals surface area contributed by atoms with Crippen molar-refractivity contribution in [1.82, 2.24) is 0 Å². The molecule has 1 aliphatic heterocycles. The van der Waals surface area contributed by atoms with Crippen LogP contribution in [-0.2, 0) is 13.0 Å². The molecule has 0 saturated heterocycles. The van der Waals surface area contributed by atoms with Gasteiger partial charge in [0.2, 0.25) is 5.69 Å². The molecule has 2 aromatic carbocycles. The third-order valence-corrected chi connectivity index (χ3v) is 5.10. The monoisotopic (exact) mass is 445 g/mol. The molecule has 0 amide bonds. The molecule has 3 aromatic rings. The number of methoxy groups -OCH3 is 3. The van der Waals surface area contributed by atoms with E-state index in [1.165, 1.54) is 11.1 Å². The summed E-state index contributed by atoms with van der Waals surface area (Å²) in [6, 6.07) is 10.4. The van der Waals surface area contributed by atoms with Crippen LogP contribution in [0, 0.1) is 0 Å². The van der Waals surface area contributed by atoms with Crippen LogP contribution in [0.3, 0.4) is 0 Å². The van der Waals surface area contributed by atoms with Gasteiger partial charge in [-0.2, -0.15) is 4.57 Å². The molecule has 0 atom stereocenters. The maximum absolute atomic E-state index is 5.89. The Morgan fingerprint density at radius 1 is 0.929 bits per heavy atom. The number of hydrogen-bond acceptors (Lipinski definition) is 4. The number of ether oxygens (including phenoxy) is 4. The lowest BCUT2D eigenvalue weighted by atomic mass is 9.95. The lowest BCUT2D eigenvalue weighted by Crippen LogP contribution is -3.00. The van der Waals surface area contributed by atoms with E-state index in [1.807, 2.05) is 13.0 Å². The van der Waals surface area contributed by atoms with Crippen molar-refractivity contribution in [2.24, 2.45) is 0 Å². The van der Waals surface area contributed by atoms with E-state index in [0.717, 1.165) is 52.4 Å². The number of aryl methyl sites for hydroxylation is 2. The van der Waals surface area contributed by atoms with E-state index in [9.17, 15) is 0 Å². The highest BCUT2D eigenvalue weighted by Gasteiger charge is 2.27. The van der Waals surface area contributed by atoms with Gasteiger partial charge in [-0.3, -0.25) is 0 Å². The molecule has 28 heavy (non-hydrogen) atoms. The molecule has 0 N–H and O–H groups in total. The highest BCUT2D eigenvalue weighted by Crippen LogP contribution is 2.40. The van der Waals surface area contributed by atoms with Gasteiger partial charge in [-0.1, -0.05) is 0 Å². The van der Waals surface area contributed by atoms with E-state index >= 15 is 0 Å². The van der Waals surface area contributed by atoms with Gasteiger partial charge in [0.15, 0.2) is 35.7 Å².